The molecular formula is C19H18N6O2. The van der Waals surface area contributed by atoms with Gasteiger partial charge in [0.25, 0.3) is 5.91 Å². The lowest BCUT2D eigenvalue weighted by molar-refractivity contribution is 0.0630. The molecule has 4 rings (SSSR count). The normalized spacial score (nSPS) is 16.9. The van der Waals surface area contributed by atoms with Crippen molar-refractivity contribution in [2.75, 3.05) is 13.1 Å². The lowest BCUT2D eigenvalue weighted by atomic mass is 9.91. The van der Waals surface area contributed by atoms with Crippen molar-refractivity contribution < 1.29 is 9.59 Å². The van der Waals surface area contributed by atoms with Gasteiger partial charge >= 0.3 is 0 Å². The van der Waals surface area contributed by atoms with Crippen LogP contribution < -0.4 is 0 Å². The number of piperidine rings is 1. The van der Waals surface area contributed by atoms with Crippen LogP contribution in [0.5, 0.6) is 0 Å². The minimum atomic E-state index is -0.237. The summed E-state index contributed by atoms with van der Waals surface area (Å²) in [5.41, 5.74) is 0.789. The second-order valence-corrected chi connectivity index (χ2v) is 6.42. The van der Waals surface area contributed by atoms with Crippen LogP contribution >= 0.6 is 0 Å². The summed E-state index contributed by atoms with van der Waals surface area (Å²) in [7, 11) is 0. The second-order valence-electron chi connectivity index (χ2n) is 6.42. The standard InChI is InChI=1S/C19H18N6O2/c26-18(15-6-1-2-9-20-15)14-5-4-10-24(11-14)19(27)16-7-3-8-17(23-16)25-12-21-22-13-25/h1-3,6-9,12-14H,4-5,10-11H2. The molecule has 3 aromatic heterocycles. The van der Waals surface area contributed by atoms with Crippen LogP contribution in [0.4, 0.5) is 0 Å². The van der Waals surface area contributed by atoms with Gasteiger partial charge in [0, 0.05) is 25.2 Å². The fourth-order valence-electron chi connectivity index (χ4n) is 3.26. The molecule has 8 nitrogen and oxygen atoms in total. The van der Waals surface area contributed by atoms with E-state index in [-0.39, 0.29) is 17.6 Å². The van der Waals surface area contributed by atoms with Gasteiger partial charge in [-0.3, -0.25) is 19.1 Å². The highest BCUT2D eigenvalue weighted by atomic mass is 16.2. The van der Waals surface area contributed by atoms with Crippen LogP contribution in [0.25, 0.3) is 5.82 Å². The van der Waals surface area contributed by atoms with Crippen LogP contribution in [0.2, 0.25) is 0 Å². The Kier molecular flexibility index (Phi) is 4.69. The quantitative estimate of drug-likeness (QED) is 0.657. The Bertz CT molecular complexity index is 942. The summed E-state index contributed by atoms with van der Waals surface area (Å²) in [5.74, 6) is 0.144. The highest BCUT2D eigenvalue weighted by molar-refractivity contribution is 5.97. The average molecular weight is 362 g/mol. The van der Waals surface area contributed by atoms with E-state index in [1.165, 1.54) is 12.7 Å². The number of hydrogen-bond acceptors (Lipinski definition) is 6. The molecule has 0 N–H and O–H groups in total. The van der Waals surface area contributed by atoms with E-state index in [4.69, 9.17) is 0 Å². The molecule has 0 bridgehead atoms. The molecule has 1 amide bonds. The molecule has 0 radical (unpaired) electrons. The first-order chi connectivity index (χ1) is 13.2. The zero-order valence-electron chi connectivity index (χ0n) is 14.6. The van der Waals surface area contributed by atoms with Gasteiger partial charge in [-0.15, -0.1) is 10.2 Å². The van der Waals surface area contributed by atoms with Gasteiger partial charge in [0.2, 0.25) is 0 Å². The molecule has 1 fully saturated rings. The Morgan fingerprint density at radius 1 is 1.00 bits per heavy atom. The highest BCUT2D eigenvalue weighted by Gasteiger charge is 2.30. The third-order valence-corrected chi connectivity index (χ3v) is 4.63. The fraction of sp³-hybridized carbons (Fsp3) is 0.263. The zero-order valence-corrected chi connectivity index (χ0v) is 14.6. The molecule has 1 aliphatic heterocycles. The summed E-state index contributed by atoms with van der Waals surface area (Å²) in [6.45, 7) is 0.996. The summed E-state index contributed by atoms with van der Waals surface area (Å²) in [4.78, 5) is 35.9. The molecule has 1 saturated heterocycles. The molecule has 0 saturated carbocycles. The molecule has 3 aromatic rings. The van der Waals surface area contributed by atoms with Crippen LogP contribution in [0.1, 0.15) is 33.8 Å². The summed E-state index contributed by atoms with van der Waals surface area (Å²) < 4.78 is 1.64. The van der Waals surface area contributed by atoms with E-state index in [0.29, 0.717) is 30.3 Å². The Balaban J connectivity index is 1.51. The van der Waals surface area contributed by atoms with Crippen molar-refractivity contribution >= 4 is 11.7 Å². The van der Waals surface area contributed by atoms with Gasteiger partial charge in [-0.2, -0.15) is 0 Å². The summed E-state index contributed by atoms with van der Waals surface area (Å²) in [6, 6.07) is 10.5. The van der Waals surface area contributed by atoms with Gasteiger partial charge in [0.05, 0.1) is 0 Å². The van der Waals surface area contributed by atoms with Gasteiger partial charge in [-0.25, -0.2) is 4.98 Å². The number of rotatable bonds is 4. The molecule has 27 heavy (non-hydrogen) atoms. The minimum absolute atomic E-state index is 0.0145. The van der Waals surface area contributed by atoms with Crippen molar-refractivity contribution in [3.05, 3.63) is 66.6 Å². The van der Waals surface area contributed by atoms with Crippen LogP contribution in [0.3, 0.4) is 0 Å². The monoisotopic (exact) mass is 362 g/mol. The maximum atomic E-state index is 12.9. The molecule has 0 spiro atoms. The predicted octanol–water partition coefficient (Wildman–Crippen LogP) is 1.79. The van der Waals surface area contributed by atoms with Gasteiger partial charge in [-0.1, -0.05) is 12.1 Å². The Labute approximate surface area is 155 Å². The third-order valence-electron chi connectivity index (χ3n) is 4.63. The number of pyridine rings is 2. The third kappa shape index (κ3) is 3.59. The predicted molar refractivity (Wildman–Crippen MR) is 96.3 cm³/mol. The van der Waals surface area contributed by atoms with Crippen molar-refractivity contribution in [3.63, 3.8) is 0 Å². The molecule has 1 atom stereocenters. The van der Waals surface area contributed by atoms with Gasteiger partial charge in [0.15, 0.2) is 5.78 Å². The van der Waals surface area contributed by atoms with Gasteiger partial charge < -0.3 is 4.90 Å². The zero-order chi connectivity index (χ0) is 18.6. The maximum absolute atomic E-state index is 12.9. The van der Waals surface area contributed by atoms with Crippen molar-refractivity contribution in [1.29, 1.82) is 0 Å². The van der Waals surface area contributed by atoms with E-state index in [0.717, 1.165) is 12.8 Å². The molecule has 136 valence electrons. The smallest absolute Gasteiger partial charge is 0.272 e. The van der Waals surface area contributed by atoms with E-state index in [2.05, 4.69) is 20.2 Å². The molecule has 0 aliphatic carbocycles. The van der Waals surface area contributed by atoms with Crippen molar-refractivity contribution in [2.45, 2.75) is 12.8 Å². The van der Waals surface area contributed by atoms with Crippen molar-refractivity contribution in [1.82, 2.24) is 29.6 Å². The number of ketones is 1. The lowest BCUT2D eigenvalue weighted by Gasteiger charge is -2.31. The van der Waals surface area contributed by atoms with Crippen LogP contribution in [-0.2, 0) is 0 Å². The Morgan fingerprint density at radius 2 is 1.81 bits per heavy atom. The molecule has 1 unspecified atom stereocenters. The number of carbonyl (C=O) groups is 2. The number of carbonyl (C=O) groups excluding carboxylic acids is 2. The van der Waals surface area contributed by atoms with Crippen molar-refractivity contribution in [2.24, 2.45) is 5.92 Å². The molecular weight excluding hydrogens is 344 g/mol. The lowest BCUT2D eigenvalue weighted by Crippen LogP contribution is -2.42. The average Bonchev–Trinajstić information content (AvgIpc) is 3.28. The van der Waals surface area contributed by atoms with Gasteiger partial charge in [0.1, 0.15) is 29.9 Å². The Morgan fingerprint density at radius 3 is 2.59 bits per heavy atom. The summed E-state index contributed by atoms with van der Waals surface area (Å²) >= 11 is 0. The minimum Gasteiger partial charge on any atom is -0.337 e. The Hall–Kier alpha value is -3.42. The van der Waals surface area contributed by atoms with E-state index in [1.807, 2.05) is 0 Å². The maximum Gasteiger partial charge on any atom is 0.272 e. The van der Waals surface area contributed by atoms with E-state index in [1.54, 1.807) is 52.1 Å². The number of Topliss-reactive ketones (excluding diaryl/α,β-unsaturated/α-hetero) is 1. The molecule has 8 heteroatoms. The number of amides is 1. The first kappa shape index (κ1) is 17.0. The van der Waals surface area contributed by atoms with Crippen LogP contribution in [0.15, 0.2) is 55.2 Å². The topological polar surface area (TPSA) is 93.9 Å². The molecule has 4 heterocycles. The fourth-order valence-corrected chi connectivity index (χ4v) is 3.26. The van der Waals surface area contributed by atoms with E-state index in [9.17, 15) is 9.59 Å². The van der Waals surface area contributed by atoms with Crippen LogP contribution in [-0.4, -0.2) is 54.4 Å². The largest absolute Gasteiger partial charge is 0.337 e. The number of nitrogens with zero attached hydrogens (tertiary/aromatic N) is 6. The van der Waals surface area contributed by atoms with E-state index < -0.39 is 0 Å². The second kappa shape index (κ2) is 7.45. The molecule has 0 aromatic carbocycles. The highest BCUT2D eigenvalue weighted by Crippen LogP contribution is 2.21. The van der Waals surface area contributed by atoms with Crippen molar-refractivity contribution in [3.8, 4) is 5.82 Å². The number of aromatic nitrogens is 5. The van der Waals surface area contributed by atoms with E-state index >= 15 is 0 Å². The summed E-state index contributed by atoms with van der Waals surface area (Å²) in [6.07, 6.45) is 6.20. The first-order valence-electron chi connectivity index (χ1n) is 8.79. The van der Waals surface area contributed by atoms with Gasteiger partial charge in [-0.05, 0) is 37.1 Å². The summed E-state index contributed by atoms with van der Waals surface area (Å²) in [5, 5.41) is 7.51. The van der Waals surface area contributed by atoms with Crippen LogP contribution in [0, 0.1) is 5.92 Å². The SMILES string of the molecule is O=C(c1ccccn1)C1CCCN(C(=O)c2cccc(-n3cnnc3)n2)C1. The molecule has 1 aliphatic rings. The number of hydrogen-bond donors (Lipinski definition) is 0. The first-order valence-corrected chi connectivity index (χ1v) is 8.79. The number of likely N-dealkylation sites (tertiary alicyclic amines) is 1.